The number of H-pyrrole nitrogens is 1. The Kier molecular flexibility index (Phi) is 5.64. The average Bonchev–Trinajstić information content (AvgIpc) is 2.55. The van der Waals surface area contributed by atoms with E-state index in [9.17, 15) is 9.59 Å². The Balaban J connectivity index is 2.25. The number of carbonyl (C=O) groups excluding carboxylic acids is 1. The van der Waals surface area contributed by atoms with Gasteiger partial charge in [0.2, 0.25) is 0 Å². The molecule has 138 valence electrons. The van der Waals surface area contributed by atoms with Crippen LogP contribution in [0.15, 0.2) is 47.4 Å². The number of aromatic nitrogens is 1. The molecule has 0 saturated heterocycles. The van der Waals surface area contributed by atoms with Crippen LogP contribution in [0.2, 0.25) is 0 Å². The highest BCUT2D eigenvalue weighted by molar-refractivity contribution is 6.04. The molecule has 1 aromatic heterocycles. The van der Waals surface area contributed by atoms with E-state index in [1.807, 2.05) is 12.1 Å². The second-order valence-corrected chi connectivity index (χ2v) is 7.11. The summed E-state index contributed by atoms with van der Waals surface area (Å²) in [6, 6.07) is 8.75. The minimum atomic E-state index is -0.721. The maximum absolute atomic E-state index is 12.4. The van der Waals surface area contributed by atoms with Gasteiger partial charge in [-0.1, -0.05) is 32.9 Å². The third-order valence-electron chi connectivity index (χ3n) is 3.87. The largest absolute Gasteiger partial charge is 0.398 e. The fourth-order valence-corrected chi connectivity index (χ4v) is 2.36. The van der Waals surface area contributed by atoms with Crippen LogP contribution >= 0.6 is 0 Å². The predicted molar refractivity (Wildman–Crippen MR) is 104 cm³/mol. The molecule has 26 heavy (non-hydrogen) atoms. The third-order valence-corrected chi connectivity index (χ3v) is 3.87. The van der Waals surface area contributed by atoms with Crippen molar-refractivity contribution in [1.82, 2.24) is 4.98 Å². The van der Waals surface area contributed by atoms with Crippen LogP contribution in [-0.2, 0) is 5.41 Å². The van der Waals surface area contributed by atoms with Gasteiger partial charge in [-0.3, -0.25) is 9.59 Å². The molecule has 0 aliphatic carbocycles. The maximum Gasteiger partial charge on any atom is 0.271 e. The number of carbonyl (C=O) groups is 1. The van der Waals surface area contributed by atoms with Crippen LogP contribution < -0.4 is 28.1 Å². The Hall–Kier alpha value is -2.90. The molecule has 0 saturated carbocycles. The van der Waals surface area contributed by atoms with Crippen molar-refractivity contribution in [2.75, 3.05) is 5.32 Å². The Bertz CT molecular complexity index is 874. The zero-order chi connectivity index (χ0) is 19.5. The summed E-state index contributed by atoms with van der Waals surface area (Å²) in [6.07, 6.45) is 2.16. The van der Waals surface area contributed by atoms with Crippen molar-refractivity contribution in [2.24, 2.45) is 17.2 Å². The van der Waals surface area contributed by atoms with Crippen LogP contribution in [-0.4, -0.2) is 17.1 Å². The highest BCUT2D eigenvalue weighted by Crippen LogP contribution is 2.22. The summed E-state index contributed by atoms with van der Waals surface area (Å²) < 4.78 is 0. The van der Waals surface area contributed by atoms with E-state index < -0.39 is 11.7 Å². The number of benzene rings is 1. The Labute approximate surface area is 152 Å². The summed E-state index contributed by atoms with van der Waals surface area (Å²) >= 11 is 0. The van der Waals surface area contributed by atoms with Gasteiger partial charge in [0.25, 0.3) is 11.5 Å². The molecule has 7 heteroatoms. The molecular formula is C19H25N5O2. The van der Waals surface area contributed by atoms with E-state index >= 15 is 0 Å². The van der Waals surface area contributed by atoms with Gasteiger partial charge in [-0.15, -0.1) is 0 Å². The van der Waals surface area contributed by atoms with E-state index in [2.05, 4.69) is 31.1 Å². The number of hydrogen-bond acceptors (Lipinski definition) is 5. The number of anilines is 1. The summed E-state index contributed by atoms with van der Waals surface area (Å²) in [5.74, 6) is -0.383. The van der Waals surface area contributed by atoms with Gasteiger partial charge in [0.15, 0.2) is 0 Å². The zero-order valence-corrected chi connectivity index (χ0v) is 15.2. The number of aromatic amines is 1. The van der Waals surface area contributed by atoms with Crippen LogP contribution in [0.1, 0.15) is 42.3 Å². The fraction of sp³-hybridized carbons (Fsp3) is 0.263. The standard InChI is InChI=1S/C19H25N5O2/c1-19(2,3)13-6-4-11(5-7-13)17(25)24-15-8-12(10-23-18(15)26)14(20)9-16(21)22/h4-10,16H,20-22H2,1-3H3,(H,23,26)(H,24,25)/b14-9-. The molecule has 8 N–H and O–H groups in total. The smallest absolute Gasteiger partial charge is 0.271 e. The van der Waals surface area contributed by atoms with Crippen molar-refractivity contribution >= 4 is 17.3 Å². The van der Waals surface area contributed by atoms with E-state index in [1.54, 1.807) is 12.1 Å². The highest BCUT2D eigenvalue weighted by atomic mass is 16.2. The van der Waals surface area contributed by atoms with Crippen molar-refractivity contribution in [3.05, 3.63) is 69.6 Å². The lowest BCUT2D eigenvalue weighted by molar-refractivity contribution is 0.102. The number of pyridine rings is 1. The first kappa shape index (κ1) is 19.4. The van der Waals surface area contributed by atoms with Gasteiger partial charge in [-0.25, -0.2) is 0 Å². The van der Waals surface area contributed by atoms with Crippen LogP contribution in [0.25, 0.3) is 5.70 Å². The molecule has 2 aromatic rings. The minimum absolute atomic E-state index is 0.00576. The molecule has 0 radical (unpaired) electrons. The van der Waals surface area contributed by atoms with Crippen LogP contribution in [0.4, 0.5) is 5.69 Å². The van der Waals surface area contributed by atoms with Gasteiger partial charge in [0.05, 0.1) is 6.17 Å². The SMILES string of the molecule is CC(C)(C)c1ccc(C(=O)Nc2cc(/C(N)=C/C(N)N)c[nH]c2=O)cc1. The zero-order valence-electron chi connectivity index (χ0n) is 15.2. The molecule has 0 aliphatic heterocycles. The van der Waals surface area contributed by atoms with Crippen molar-refractivity contribution in [2.45, 2.75) is 32.4 Å². The van der Waals surface area contributed by atoms with Gasteiger partial charge < -0.3 is 27.5 Å². The van der Waals surface area contributed by atoms with Crippen LogP contribution in [0.5, 0.6) is 0 Å². The number of nitrogens with two attached hydrogens (primary N) is 3. The highest BCUT2D eigenvalue weighted by Gasteiger charge is 2.15. The molecule has 0 unspecified atom stereocenters. The van der Waals surface area contributed by atoms with Gasteiger partial charge in [0.1, 0.15) is 5.69 Å². The van der Waals surface area contributed by atoms with Crippen LogP contribution in [0, 0.1) is 0 Å². The van der Waals surface area contributed by atoms with E-state index in [-0.39, 0.29) is 17.0 Å². The van der Waals surface area contributed by atoms with E-state index in [4.69, 9.17) is 17.2 Å². The molecule has 1 heterocycles. The van der Waals surface area contributed by atoms with E-state index in [0.717, 1.165) is 5.56 Å². The first-order valence-corrected chi connectivity index (χ1v) is 8.21. The molecule has 0 aliphatic rings. The molecule has 1 amide bonds. The maximum atomic E-state index is 12.4. The Morgan fingerprint density at radius 2 is 1.77 bits per heavy atom. The van der Waals surface area contributed by atoms with Crippen molar-refractivity contribution in [1.29, 1.82) is 0 Å². The quantitative estimate of drug-likeness (QED) is 0.528. The number of amides is 1. The fourth-order valence-electron chi connectivity index (χ4n) is 2.36. The number of hydrogen-bond donors (Lipinski definition) is 5. The number of nitrogens with one attached hydrogen (secondary N) is 2. The molecule has 0 fully saturated rings. The van der Waals surface area contributed by atoms with Gasteiger partial charge in [-0.05, 0) is 35.3 Å². The van der Waals surface area contributed by atoms with Crippen molar-refractivity contribution in [3.8, 4) is 0 Å². The first-order chi connectivity index (χ1) is 12.1. The summed E-state index contributed by atoms with van der Waals surface area (Å²) in [7, 11) is 0. The molecule has 1 aromatic carbocycles. The monoisotopic (exact) mass is 355 g/mol. The summed E-state index contributed by atoms with van der Waals surface area (Å²) in [5, 5.41) is 2.61. The third kappa shape index (κ3) is 4.81. The minimum Gasteiger partial charge on any atom is -0.398 e. The molecular weight excluding hydrogens is 330 g/mol. The molecule has 0 atom stereocenters. The first-order valence-electron chi connectivity index (χ1n) is 8.21. The summed E-state index contributed by atoms with van der Waals surface area (Å²) in [6.45, 7) is 6.29. The Morgan fingerprint density at radius 1 is 1.15 bits per heavy atom. The van der Waals surface area contributed by atoms with E-state index in [0.29, 0.717) is 16.8 Å². The second kappa shape index (κ2) is 7.55. The van der Waals surface area contributed by atoms with Gasteiger partial charge in [0, 0.05) is 23.0 Å². The normalized spacial score (nSPS) is 12.3. The molecule has 7 nitrogen and oxygen atoms in total. The average molecular weight is 355 g/mol. The van der Waals surface area contributed by atoms with Crippen molar-refractivity contribution in [3.63, 3.8) is 0 Å². The van der Waals surface area contributed by atoms with Crippen molar-refractivity contribution < 1.29 is 4.79 Å². The molecule has 0 bridgehead atoms. The van der Waals surface area contributed by atoms with Gasteiger partial charge >= 0.3 is 0 Å². The second-order valence-electron chi connectivity index (χ2n) is 7.11. The molecule has 0 spiro atoms. The van der Waals surface area contributed by atoms with Gasteiger partial charge in [-0.2, -0.15) is 0 Å². The number of rotatable bonds is 4. The van der Waals surface area contributed by atoms with Crippen LogP contribution in [0.3, 0.4) is 0 Å². The summed E-state index contributed by atoms with van der Waals surface area (Å²) in [4.78, 5) is 27.0. The lowest BCUT2D eigenvalue weighted by atomic mass is 9.87. The molecule has 2 rings (SSSR count). The lowest BCUT2D eigenvalue weighted by Crippen LogP contribution is -2.28. The topological polar surface area (TPSA) is 140 Å². The summed E-state index contributed by atoms with van der Waals surface area (Å²) in [5.41, 5.74) is 18.9. The Morgan fingerprint density at radius 3 is 2.31 bits per heavy atom. The van der Waals surface area contributed by atoms with E-state index in [1.165, 1.54) is 18.3 Å². The lowest BCUT2D eigenvalue weighted by Gasteiger charge is -2.19. The predicted octanol–water partition coefficient (Wildman–Crippen LogP) is 1.47.